The number of nitro benzene ring substituents is 1. The van der Waals surface area contributed by atoms with E-state index >= 15 is 0 Å². The summed E-state index contributed by atoms with van der Waals surface area (Å²) in [6.45, 7) is 3.63. The number of carbonyl (C=O) groups excluding carboxylic acids is 1. The maximum absolute atomic E-state index is 12.3. The van der Waals surface area contributed by atoms with Crippen molar-refractivity contribution in [1.82, 2.24) is 9.55 Å². The van der Waals surface area contributed by atoms with Crippen molar-refractivity contribution < 1.29 is 9.72 Å². The fourth-order valence-corrected chi connectivity index (χ4v) is 3.42. The highest BCUT2D eigenvalue weighted by Gasteiger charge is 2.15. The lowest BCUT2D eigenvalue weighted by molar-refractivity contribution is -0.385. The Morgan fingerprint density at radius 1 is 1.26 bits per heavy atom. The Bertz CT molecular complexity index is 1000. The second-order valence-corrected chi connectivity index (χ2v) is 6.90. The number of hydrogen-bond donors (Lipinski definition) is 1. The Balaban J connectivity index is 1.69. The van der Waals surface area contributed by atoms with Gasteiger partial charge in [0.25, 0.3) is 5.69 Å². The molecule has 0 fully saturated rings. The quantitative estimate of drug-likeness (QED) is 0.393. The first-order valence-corrected chi connectivity index (χ1v) is 9.21. The van der Waals surface area contributed by atoms with Crippen molar-refractivity contribution in [2.24, 2.45) is 0 Å². The molecule has 0 unspecified atom stereocenters. The number of imidazole rings is 1. The van der Waals surface area contributed by atoms with E-state index < -0.39 is 4.92 Å². The van der Waals surface area contributed by atoms with Crippen molar-refractivity contribution in [3.05, 3.63) is 76.1 Å². The van der Waals surface area contributed by atoms with Gasteiger partial charge in [0.15, 0.2) is 5.16 Å². The third-order valence-electron chi connectivity index (χ3n) is 3.99. The molecule has 1 heterocycles. The first-order chi connectivity index (χ1) is 13.0. The van der Waals surface area contributed by atoms with Crippen LogP contribution >= 0.6 is 11.8 Å². The van der Waals surface area contributed by atoms with Gasteiger partial charge in [-0.3, -0.25) is 19.5 Å². The Hall–Kier alpha value is -3.13. The van der Waals surface area contributed by atoms with Crippen molar-refractivity contribution in [3.8, 4) is 5.69 Å². The normalized spacial score (nSPS) is 10.6. The summed E-state index contributed by atoms with van der Waals surface area (Å²) in [6.07, 6.45) is 3.53. The molecular formula is C19H18N4O3S. The highest BCUT2D eigenvalue weighted by Crippen LogP contribution is 2.26. The number of benzene rings is 2. The van der Waals surface area contributed by atoms with Crippen LogP contribution in [0.4, 0.5) is 11.4 Å². The zero-order valence-corrected chi connectivity index (χ0v) is 15.7. The van der Waals surface area contributed by atoms with Gasteiger partial charge in [-0.25, -0.2) is 4.98 Å². The molecule has 0 saturated heterocycles. The standard InChI is InChI=1S/C19H18N4O3S/c1-13-5-3-6-15(11-13)22-10-9-20-19(22)27-12-18(24)21-16-7-4-8-17(14(16)2)23(25)26/h3-11H,12H2,1-2H3,(H,21,24). The molecule has 0 atom stereocenters. The van der Waals surface area contributed by atoms with Gasteiger partial charge in [0.1, 0.15) is 0 Å². The summed E-state index contributed by atoms with van der Waals surface area (Å²) in [6, 6.07) is 12.6. The molecule has 2 aromatic carbocycles. The van der Waals surface area contributed by atoms with Crippen LogP contribution < -0.4 is 5.32 Å². The summed E-state index contributed by atoms with van der Waals surface area (Å²) in [4.78, 5) is 27.2. The average Bonchev–Trinajstić information content (AvgIpc) is 3.10. The number of nitro groups is 1. The van der Waals surface area contributed by atoms with Crippen LogP contribution in [0.5, 0.6) is 0 Å². The number of amides is 1. The van der Waals surface area contributed by atoms with Gasteiger partial charge in [-0.2, -0.15) is 0 Å². The Kier molecular flexibility index (Phi) is 5.56. The molecule has 7 nitrogen and oxygen atoms in total. The molecule has 3 aromatic rings. The van der Waals surface area contributed by atoms with E-state index in [1.807, 2.05) is 42.0 Å². The van der Waals surface area contributed by atoms with Crippen molar-refractivity contribution in [2.45, 2.75) is 19.0 Å². The number of rotatable bonds is 6. The van der Waals surface area contributed by atoms with E-state index in [-0.39, 0.29) is 17.3 Å². The molecule has 8 heteroatoms. The second kappa shape index (κ2) is 8.05. The van der Waals surface area contributed by atoms with Gasteiger partial charge < -0.3 is 5.32 Å². The summed E-state index contributed by atoms with van der Waals surface area (Å²) < 4.78 is 1.92. The van der Waals surface area contributed by atoms with E-state index in [0.29, 0.717) is 16.4 Å². The van der Waals surface area contributed by atoms with E-state index in [9.17, 15) is 14.9 Å². The summed E-state index contributed by atoms with van der Waals surface area (Å²) >= 11 is 1.30. The summed E-state index contributed by atoms with van der Waals surface area (Å²) in [7, 11) is 0. The summed E-state index contributed by atoms with van der Waals surface area (Å²) in [5.74, 6) is -0.104. The Morgan fingerprint density at radius 2 is 2.04 bits per heavy atom. The molecule has 27 heavy (non-hydrogen) atoms. The lowest BCUT2D eigenvalue weighted by atomic mass is 10.1. The zero-order valence-electron chi connectivity index (χ0n) is 14.9. The van der Waals surface area contributed by atoms with Crippen molar-refractivity contribution in [2.75, 3.05) is 11.1 Å². The van der Waals surface area contributed by atoms with Gasteiger partial charge in [-0.15, -0.1) is 0 Å². The lowest BCUT2D eigenvalue weighted by Crippen LogP contribution is -2.15. The fourth-order valence-electron chi connectivity index (χ4n) is 2.64. The van der Waals surface area contributed by atoms with Gasteiger partial charge in [-0.05, 0) is 37.6 Å². The number of anilines is 1. The molecular weight excluding hydrogens is 364 g/mol. The number of nitrogens with zero attached hydrogens (tertiary/aromatic N) is 3. The molecule has 3 rings (SSSR count). The summed E-state index contributed by atoms with van der Waals surface area (Å²) in [5, 5.41) is 14.5. The van der Waals surface area contributed by atoms with E-state index in [1.54, 1.807) is 25.3 Å². The Labute approximate surface area is 160 Å². The van der Waals surface area contributed by atoms with E-state index in [1.165, 1.54) is 17.8 Å². The number of thioether (sulfide) groups is 1. The number of carbonyl (C=O) groups is 1. The summed E-state index contributed by atoms with van der Waals surface area (Å²) in [5.41, 5.74) is 2.97. The first-order valence-electron chi connectivity index (χ1n) is 8.23. The third kappa shape index (κ3) is 4.35. The van der Waals surface area contributed by atoms with Crippen LogP contribution in [0.1, 0.15) is 11.1 Å². The average molecular weight is 382 g/mol. The van der Waals surface area contributed by atoms with Crippen molar-refractivity contribution in [1.29, 1.82) is 0 Å². The SMILES string of the molecule is Cc1cccc(-n2ccnc2SCC(=O)Nc2cccc([N+](=O)[O-])c2C)c1. The number of aromatic nitrogens is 2. The number of nitrogens with one attached hydrogen (secondary N) is 1. The van der Waals surface area contributed by atoms with Crippen LogP contribution in [0.15, 0.2) is 60.0 Å². The van der Waals surface area contributed by atoms with Gasteiger partial charge in [0, 0.05) is 24.1 Å². The smallest absolute Gasteiger partial charge is 0.274 e. The zero-order chi connectivity index (χ0) is 19.4. The molecule has 0 aliphatic carbocycles. The molecule has 138 valence electrons. The highest BCUT2D eigenvalue weighted by molar-refractivity contribution is 7.99. The predicted molar refractivity (Wildman–Crippen MR) is 105 cm³/mol. The molecule has 0 saturated carbocycles. The minimum atomic E-state index is -0.460. The van der Waals surface area contributed by atoms with E-state index in [2.05, 4.69) is 10.3 Å². The van der Waals surface area contributed by atoms with Crippen LogP contribution in [0, 0.1) is 24.0 Å². The van der Waals surface area contributed by atoms with E-state index in [4.69, 9.17) is 0 Å². The maximum atomic E-state index is 12.3. The van der Waals surface area contributed by atoms with Crippen LogP contribution in [0.2, 0.25) is 0 Å². The van der Waals surface area contributed by atoms with Crippen LogP contribution in [-0.2, 0) is 4.79 Å². The molecule has 0 bridgehead atoms. The molecule has 1 N–H and O–H groups in total. The van der Waals surface area contributed by atoms with E-state index in [0.717, 1.165) is 11.3 Å². The van der Waals surface area contributed by atoms with Gasteiger partial charge in [-0.1, -0.05) is 30.0 Å². The van der Waals surface area contributed by atoms with Gasteiger partial charge in [0.2, 0.25) is 5.91 Å². The lowest BCUT2D eigenvalue weighted by Gasteiger charge is -2.10. The molecule has 0 radical (unpaired) electrons. The molecule has 0 aliphatic rings. The van der Waals surface area contributed by atoms with Crippen LogP contribution in [0.3, 0.4) is 0 Å². The predicted octanol–water partition coefficient (Wildman–Crippen LogP) is 4.13. The van der Waals surface area contributed by atoms with Crippen LogP contribution in [0.25, 0.3) is 5.69 Å². The first kappa shape index (κ1) is 18.7. The van der Waals surface area contributed by atoms with Crippen molar-refractivity contribution in [3.63, 3.8) is 0 Å². The molecule has 1 amide bonds. The third-order valence-corrected chi connectivity index (χ3v) is 4.96. The Morgan fingerprint density at radius 3 is 2.78 bits per heavy atom. The van der Waals surface area contributed by atoms with Crippen LogP contribution in [-0.4, -0.2) is 26.1 Å². The van der Waals surface area contributed by atoms with Gasteiger partial charge >= 0.3 is 0 Å². The maximum Gasteiger partial charge on any atom is 0.274 e. The van der Waals surface area contributed by atoms with Gasteiger partial charge in [0.05, 0.1) is 21.9 Å². The number of aryl methyl sites for hydroxylation is 1. The largest absolute Gasteiger partial charge is 0.325 e. The topological polar surface area (TPSA) is 90.1 Å². The molecule has 1 aromatic heterocycles. The second-order valence-electron chi connectivity index (χ2n) is 5.96. The highest BCUT2D eigenvalue weighted by atomic mass is 32.2. The minimum Gasteiger partial charge on any atom is -0.325 e. The van der Waals surface area contributed by atoms with Crippen molar-refractivity contribution >= 4 is 29.0 Å². The fraction of sp³-hybridized carbons (Fsp3) is 0.158. The molecule has 0 aliphatic heterocycles. The number of hydrogen-bond acceptors (Lipinski definition) is 5. The molecule has 0 spiro atoms. The monoisotopic (exact) mass is 382 g/mol. The minimum absolute atomic E-state index is 0.0181.